The third kappa shape index (κ3) is 3.31. The number of rotatable bonds is 4. The van der Waals surface area contributed by atoms with Gasteiger partial charge in [0.1, 0.15) is 5.69 Å². The van der Waals surface area contributed by atoms with Crippen LogP contribution in [-0.2, 0) is 6.54 Å². The van der Waals surface area contributed by atoms with Gasteiger partial charge in [0, 0.05) is 18.6 Å². The third-order valence-corrected chi connectivity index (χ3v) is 4.51. The molecule has 0 saturated carbocycles. The van der Waals surface area contributed by atoms with Crippen LogP contribution in [0.1, 0.15) is 21.6 Å². The van der Waals surface area contributed by atoms with Crippen LogP contribution in [0.15, 0.2) is 57.7 Å². The minimum absolute atomic E-state index is 0.165. The van der Waals surface area contributed by atoms with Gasteiger partial charge in [-0.15, -0.1) is 0 Å². The number of aryl methyl sites for hydroxylation is 1. The molecule has 0 bridgehead atoms. The van der Waals surface area contributed by atoms with Gasteiger partial charge in [-0.3, -0.25) is 4.79 Å². The van der Waals surface area contributed by atoms with Crippen molar-refractivity contribution in [2.24, 2.45) is 0 Å². The van der Waals surface area contributed by atoms with E-state index >= 15 is 0 Å². The number of aromatic nitrogens is 2. The Morgan fingerprint density at radius 3 is 2.81 bits per heavy atom. The molecule has 4 rings (SSSR count). The monoisotopic (exact) mass is 381 g/mol. The summed E-state index contributed by atoms with van der Waals surface area (Å²) in [6.07, 6.45) is 1.56. The highest BCUT2D eigenvalue weighted by molar-refractivity contribution is 6.30. The van der Waals surface area contributed by atoms with Gasteiger partial charge in [-0.2, -0.15) is 0 Å². The second-order valence-corrected chi connectivity index (χ2v) is 6.71. The topological polar surface area (TPSA) is 72.4 Å². The van der Waals surface area contributed by atoms with Crippen LogP contribution in [0.2, 0.25) is 5.02 Å². The summed E-state index contributed by atoms with van der Waals surface area (Å²) < 4.78 is 10.7. The average Bonchev–Trinajstić information content (AvgIpc) is 3.31. The molecule has 0 saturated heterocycles. The van der Waals surface area contributed by atoms with Crippen LogP contribution in [-0.4, -0.2) is 28.0 Å². The van der Waals surface area contributed by atoms with E-state index in [0.29, 0.717) is 45.4 Å². The standard InChI is InChI=1S/C20H16ClN3O3/c1-12-18-15(20(25)24(2)11-13-5-3-6-14(21)9-13)10-16(17-7-4-8-26-17)22-19(18)27-23-12/h3-10H,11H2,1-2H3. The molecular formula is C20H16ClN3O3. The van der Waals surface area contributed by atoms with Crippen LogP contribution >= 0.6 is 11.6 Å². The fraction of sp³-hybridized carbons (Fsp3) is 0.150. The van der Waals surface area contributed by atoms with Crippen LogP contribution in [0.25, 0.3) is 22.6 Å². The fourth-order valence-corrected chi connectivity index (χ4v) is 3.21. The summed E-state index contributed by atoms with van der Waals surface area (Å²) in [7, 11) is 1.74. The highest BCUT2D eigenvalue weighted by atomic mass is 35.5. The highest BCUT2D eigenvalue weighted by Gasteiger charge is 2.22. The van der Waals surface area contributed by atoms with Gasteiger partial charge in [0.15, 0.2) is 5.76 Å². The minimum Gasteiger partial charge on any atom is -0.463 e. The number of carbonyl (C=O) groups is 1. The lowest BCUT2D eigenvalue weighted by atomic mass is 10.1. The number of hydrogen-bond donors (Lipinski definition) is 0. The number of fused-ring (bicyclic) bond motifs is 1. The third-order valence-electron chi connectivity index (χ3n) is 4.28. The second-order valence-electron chi connectivity index (χ2n) is 6.27. The first-order valence-corrected chi connectivity index (χ1v) is 8.71. The van der Waals surface area contributed by atoms with E-state index in [1.807, 2.05) is 18.2 Å². The summed E-state index contributed by atoms with van der Waals surface area (Å²) in [6.45, 7) is 2.21. The van der Waals surface area contributed by atoms with Crippen molar-refractivity contribution in [2.75, 3.05) is 7.05 Å². The molecule has 0 aliphatic carbocycles. The molecule has 136 valence electrons. The highest BCUT2D eigenvalue weighted by Crippen LogP contribution is 2.28. The quantitative estimate of drug-likeness (QED) is 0.511. The van der Waals surface area contributed by atoms with Crippen molar-refractivity contribution < 1.29 is 13.7 Å². The Hall–Kier alpha value is -3.12. The van der Waals surface area contributed by atoms with Crippen molar-refractivity contribution in [3.05, 3.63) is 70.6 Å². The molecule has 1 amide bonds. The number of nitrogens with zero attached hydrogens (tertiary/aromatic N) is 3. The number of furan rings is 1. The van der Waals surface area contributed by atoms with Gasteiger partial charge < -0.3 is 13.8 Å². The first kappa shape index (κ1) is 17.3. The van der Waals surface area contributed by atoms with Gasteiger partial charge in [-0.25, -0.2) is 4.98 Å². The molecule has 0 radical (unpaired) electrons. The second kappa shape index (κ2) is 6.89. The fourth-order valence-electron chi connectivity index (χ4n) is 3.00. The van der Waals surface area contributed by atoms with Crippen molar-refractivity contribution in [1.29, 1.82) is 0 Å². The normalized spacial score (nSPS) is 11.1. The lowest BCUT2D eigenvalue weighted by molar-refractivity contribution is 0.0787. The summed E-state index contributed by atoms with van der Waals surface area (Å²) in [6, 6.07) is 12.7. The molecule has 4 aromatic rings. The van der Waals surface area contributed by atoms with Gasteiger partial charge in [0.05, 0.1) is 22.9 Å². The Kier molecular flexibility index (Phi) is 4.41. The van der Waals surface area contributed by atoms with Crippen LogP contribution in [0.3, 0.4) is 0 Å². The molecular weight excluding hydrogens is 366 g/mol. The van der Waals surface area contributed by atoms with Crippen molar-refractivity contribution in [3.63, 3.8) is 0 Å². The molecule has 0 N–H and O–H groups in total. The van der Waals surface area contributed by atoms with Gasteiger partial charge in [-0.05, 0) is 42.8 Å². The van der Waals surface area contributed by atoms with E-state index in [0.717, 1.165) is 5.56 Å². The van der Waals surface area contributed by atoms with E-state index in [9.17, 15) is 4.79 Å². The molecule has 3 aromatic heterocycles. The molecule has 0 spiro atoms. The predicted octanol–water partition coefficient (Wildman–Crippen LogP) is 4.72. The van der Waals surface area contributed by atoms with Gasteiger partial charge >= 0.3 is 0 Å². The van der Waals surface area contributed by atoms with Crippen molar-refractivity contribution in [2.45, 2.75) is 13.5 Å². The van der Waals surface area contributed by atoms with Crippen LogP contribution in [0.4, 0.5) is 0 Å². The Morgan fingerprint density at radius 1 is 1.22 bits per heavy atom. The largest absolute Gasteiger partial charge is 0.463 e. The van der Waals surface area contributed by atoms with Crippen LogP contribution in [0.5, 0.6) is 0 Å². The molecule has 0 unspecified atom stereocenters. The molecule has 7 heteroatoms. The summed E-state index contributed by atoms with van der Waals surface area (Å²) in [5, 5.41) is 5.20. The van der Waals surface area contributed by atoms with Crippen molar-refractivity contribution in [3.8, 4) is 11.5 Å². The van der Waals surface area contributed by atoms with E-state index in [4.69, 9.17) is 20.5 Å². The first-order valence-electron chi connectivity index (χ1n) is 8.34. The van der Waals surface area contributed by atoms with E-state index < -0.39 is 0 Å². The van der Waals surface area contributed by atoms with E-state index in [1.54, 1.807) is 49.4 Å². The molecule has 1 aromatic carbocycles. The maximum atomic E-state index is 13.2. The smallest absolute Gasteiger partial charge is 0.259 e. The molecule has 0 fully saturated rings. The lowest BCUT2D eigenvalue weighted by Crippen LogP contribution is -2.26. The predicted molar refractivity (Wildman–Crippen MR) is 101 cm³/mol. The van der Waals surface area contributed by atoms with Gasteiger partial charge in [0.25, 0.3) is 11.6 Å². The van der Waals surface area contributed by atoms with Crippen LogP contribution < -0.4 is 0 Å². The number of halogens is 1. The number of amides is 1. The number of hydrogen-bond acceptors (Lipinski definition) is 5. The molecule has 3 heterocycles. The lowest BCUT2D eigenvalue weighted by Gasteiger charge is -2.18. The first-order chi connectivity index (χ1) is 13.0. The SMILES string of the molecule is Cc1noc2nc(-c3ccco3)cc(C(=O)N(C)Cc3cccc(Cl)c3)c12. The summed E-state index contributed by atoms with van der Waals surface area (Å²) >= 11 is 6.04. The van der Waals surface area contributed by atoms with Crippen molar-refractivity contribution in [1.82, 2.24) is 15.0 Å². The zero-order valence-corrected chi connectivity index (χ0v) is 15.5. The van der Waals surface area contributed by atoms with E-state index in [-0.39, 0.29) is 5.91 Å². The minimum atomic E-state index is -0.165. The molecule has 6 nitrogen and oxygen atoms in total. The Morgan fingerprint density at radius 2 is 2.07 bits per heavy atom. The Bertz CT molecular complexity index is 1120. The summed E-state index contributed by atoms with van der Waals surface area (Å²) in [4.78, 5) is 19.2. The molecule has 27 heavy (non-hydrogen) atoms. The number of pyridine rings is 1. The average molecular weight is 382 g/mol. The van der Waals surface area contributed by atoms with E-state index in [2.05, 4.69) is 10.1 Å². The van der Waals surface area contributed by atoms with Crippen molar-refractivity contribution >= 4 is 28.6 Å². The van der Waals surface area contributed by atoms with Gasteiger partial charge in [0.2, 0.25) is 0 Å². The summed E-state index contributed by atoms with van der Waals surface area (Å²) in [5.41, 5.74) is 2.85. The molecule has 0 atom stereocenters. The number of carbonyl (C=O) groups excluding carboxylic acids is 1. The molecule has 0 aliphatic rings. The Labute approximate surface area is 160 Å². The Balaban J connectivity index is 1.75. The van der Waals surface area contributed by atoms with Gasteiger partial charge in [-0.1, -0.05) is 28.9 Å². The maximum absolute atomic E-state index is 13.2. The number of benzene rings is 1. The van der Waals surface area contributed by atoms with E-state index in [1.165, 1.54) is 0 Å². The molecule has 0 aliphatic heterocycles. The maximum Gasteiger partial charge on any atom is 0.259 e. The van der Waals surface area contributed by atoms with Crippen LogP contribution in [0, 0.1) is 6.92 Å². The zero-order valence-electron chi connectivity index (χ0n) is 14.8. The zero-order chi connectivity index (χ0) is 19.0. The summed E-state index contributed by atoms with van der Waals surface area (Å²) in [5.74, 6) is 0.388.